The smallest absolute Gasteiger partial charge is 0.303 e. The fourth-order valence-corrected chi connectivity index (χ4v) is 5.99. The van der Waals surface area contributed by atoms with Crippen LogP contribution in [0.5, 0.6) is 0 Å². The molecule has 2 aromatic carbocycles. The van der Waals surface area contributed by atoms with Crippen LogP contribution in [0.4, 0.5) is 11.4 Å². The maximum atomic E-state index is 14.4. The van der Waals surface area contributed by atoms with Crippen molar-refractivity contribution in [2.45, 2.75) is 64.8 Å². The molecule has 0 spiro atoms. The Morgan fingerprint density at radius 1 is 0.780 bits per heavy atom. The summed E-state index contributed by atoms with van der Waals surface area (Å²) in [6.07, 6.45) is -4.81. The number of fused-ring (bicyclic) bond motifs is 2. The molecule has 3 heterocycles. The van der Waals surface area contributed by atoms with Crippen LogP contribution in [-0.2, 0) is 42.9 Å². The van der Waals surface area contributed by atoms with Crippen LogP contribution in [-0.4, -0.2) is 66.9 Å². The number of rotatable bonds is 4. The predicted molar refractivity (Wildman–Crippen MR) is 146 cm³/mol. The van der Waals surface area contributed by atoms with Crippen molar-refractivity contribution in [1.29, 1.82) is 0 Å². The number of likely N-dealkylation sites (N-methyl/N-ethyl adjacent to an activating group) is 1. The van der Waals surface area contributed by atoms with Crippen LogP contribution in [0.2, 0.25) is 0 Å². The van der Waals surface area contributed by atoms with Gasteiger partial charge in [0.15, 0.2) is 24.0 Å². The Balaban J connectivity index is 1.70. The lowest BCUT2D eigenvalue weighted by atomic mass is 9.84. The molecule has 3 aliphatic rings. The molecule has 11 heteroatoms. The van der Waals surface area contributed by atoms with Gasteiger partial charge in [-0.25, -0.2) is 0 Å². The molecule has 11 nitrogen and oxygen atoms in total. The Hall–Kier alpha value is -4.51. The number of para-hydroxylation sites is 2. The van der Waals surface area contributed by atoms with Gasteiger partial charge in [0.1, 0.15) is 0 Å². The maximum absolute atomic E-state index is 14.4. The zero-order valence-corrected chi connectivity index (χ0v) is 23.5. The molecule has 0 aromatic heterocycles. The minimum atomic E-state index is -1.74. The van der Waals surface area contributed by atoms with E-state index in [0.29, 0.717) is 22.5 Å². The molecule has 2 aromatic rings. The molecule has 0 aliphatic carbocycles. The minimum absolute atomic E-state index is 0.163. The second kappa shape index (κ2) is 10.2. The van der Waals surface area contributed by atoms with Crippen LogP contribution in [0.15, 0.2) is 48.5 Å². The van der Waals surface area contributed by atoms with Gasteiger partial charge >= 0.3 is 17.9 Å². The lowest BCUT2D eigenvalue weighted by Crippen LogP contribution is -2.71. The van der Waals surface area contributed by atoms with Crippen LogP contribution in [0.1, 0.15) is 45.7 Å². The van der Waals surface area contributed by atoms with Gasteiger partial charge in [0.25, 0.3) is 11.8 Å². The first-order valence-electron chi connectivity index (χ1n) is 13.1. The van der Waals surface area contributed by atoms with E-state index >= 15 is 0 Å². The summed E-state index contributed by atoms with van der Waals surface area (Å²) in [5, 5.41) is 0. The largest absolute Gasteiger partial charge is 0.455 e. The SMILES string of the molecule is CC(=O)OC1C(C)OC(N2C(=O)/C(=C3/C(=O)N(C)c4ccccc43)c3ccccc32)C(OC(C)=O)C1(C)OC(C)=O. The van der Waals surface area contributed by atoms with Crippen molar-refractivity contribution >= 4 is 52.2 Å². The van der Waals surface area contributed by atoms with Gasteiger partial charge in [-0.2, -0.15) is 0 Å². The molecule has 0 bridgehead atoms. The first kappa shape index (κ1) is 28.0. The summed E-state index contributed by atoms with van der Waals surface area (Å²) in [6, 6.07) is 14.1. The van der Waals surface area contributed by atoms with E-state index in [4.69, 9.17) is 18.9 Å². The molecule has 41 heavy (non-hydrogen) atoms. The number of benzene rings is 2. The molecular formula is C30H30N2O9. The summed E-state index contributed by atoms with van der Waals surface area (Å²) in [6.45, 7) is 6.61. The van der Waals surface area contributed by atoms with Gasteiger partial charge in [0.2, 0.25) is 0 Å². The van der Waals surface area contributed by atoms with E-state index < -0.39 is 54.0 Å². The van der Waals surface area contributed by atoms with Crippen molar-refractivity contribution in [3.8, 4) is 0 Å². The van der Waals surface area contributed by atoms with Gasteiger partial charge in [0, 0.05) is 38.9 Å². The second-order valence-electron chi connectivity index (χ2n) is 10.4. The summed E-state index contributed by atoms with van der Waals surface area (Å²) in [7, 11) is 1.64. The lowest BCUT2D eigenvalue weighted by Gasteiger charge is -2.51. The fourth-order valence-electron chi connectivity index (χ4n) is 5.99. The Morgan fingerprint density at radius 3 is 1.88 bits per heavy atom. The number of carbonyl (C=O) groups is 5. The third kappa shape index (κ3) is 4.46. The summed E-state index contributed by atoms with van der Waals surface area (Å²) < 4.78 is 23.2. The Bertz CT molecular complexity index is 1510. The van der Waals surface area contributed by atoms with Crippen molar-refractivity contribution < 1.29 is 42.9 Å². The molecule has 214 valence electrons. The number of esters is 3. The molecule has 0 N–H and O–H groups in total. The lowest BCUT2D eigenvalue weighted by molar-refractivity contribution is -0.275. The first-order valence-corrected chi connectivity index (χ1v) is 13.1. The number of amides is 2. The highest BCUT2D eigenvalue weighted by molar-refractivity contribution is 6.49. The number of nitrogens with zero attached hydrogens (tertiary/aromatic N) is 2. The maximum Gasteiger partial charge on any atom is 0.303 e. The summed E-state index contributed by atoms with van der Waals surface area (Å²) in [4.78, 5) is 67.5. The fraction of sp³-hybridized carbons (Fsp3) is 0.367. The number of carbonyl (C=O) groups excluding carboxylic acids is 5. The molecule has 1 fully saturated rings. The molecule has 3 aliphatic heterocycles. The number of ether oxygens (including phenoxy) is 4. The van der Waals surface area contributed by atoms with Crippen LogP contribution in [0.25, 0.3) is 11.1 Å². The van der Waals surface area contributed by atoms with Gasteiger partial charge in [-0.15, -0.1) is 0 Å². The highest BCUT2D eigenvalue weighted by Gasteiger charge is 2.62. The van der Waals surface area contributed by atoms with Gasteiger partial charge < -0.3 is 23.8 Å². The van der Waals surface area contributed by atoms with Crippen molar-refractivity contribution in [3.05, 3.63) is 59.7 Å². The highest BCUT2D eigenvalue weighted by atomic mass is 16.7. The Kier molecular flexibility index (Phi) is 6.94. The number of anilines is 2. The van der Waals surface area contributed by atoms with E-state index in [1.165, 1.54) is 37.5 Å². The quantitative estimate of drug-likeness (QED) is 0.314. The molecule has 1 saturated heterocycles. The van der Waals surface area contributed by atoms with Gasteiger partial charge in [-0.05, 0) is 26.0 Å². The third-order valence-corrected chi connectivity index (χ3v) is 7.54. The molecule has 0 saturated carbocycles. The van der Waals surface area contributed by atoms with E-state index in [-0.39, 0.29) is 17.1 Å². The van der Waals surface area contributed by atoms with Gasteiger partial charge in [-0.3, -0.25) is 28.9 Å². The van der Waals surface area contributed by atoms with Crippen molar-refractivity contribution in [3.63, 3.8) is 0 Å². The van der Waals surface area contributed by atoms with E-state index in [1.54, 1.807) is 56.4 Å². The zero-order valence-electron chi connectivity index (χ0n) is 23.5. The van der Waals surface area contributed by atoms with E-state index in [0.717, 1.165) is 0 Å². The molecule has 2 amide bonds. The first-order chi connectivity index (χ1) is 19.4. The topological polar surface area (TPSA) is 129 Å². The van der Waals surface area contributed by atoms with Crippen LogP contribution < -0.4 is 9.80 Å². The average Bonchev–Trinajstić information content (AvgIpc) is 3.32. The van der Waals surface area contributed by atoms with Crippen LogP contribution in [0, 0.1) is 0 Å². The molecule has 5 atom stereocenters. The average molecular weight is 563 g/mol. The van der Waals surface area contributed by atoms with Crippen molar-refractivity contribution in [2.24, 2.45) is 0 Å². The normalized spacial score (nSPS) is 28.7. The molecule has 5 rings (SSSR count). The third-order valence-electron chi connectivity index (χ3n) is 7.54. The Labute approximate surface area is 236 Å². The molecule has 5 unspecified atom stereocenters. The van der Waals surface area contributed by atoms with Crippen molar-refractivity contribution in [1.82, 2.24) is 0 Å². The zero-order chi connectivity index (χ0) is 29.8. The van der Waals surface area contributed by atoms with E-state index in [1.807, 2.05) is 6.07 Å². The van der Waals surface area contributed by atoms with Gasteiger partial charge in [0.05, 0.1) is 28.6 Å². The highest BCUT2D eigenvalue weighted by Crippen LogP contribution is 2.49. The predicted octanol–water partition coefficient (Wildman–Crippen LogP) is 2.85. The van der Waals surface area contributed by atoms with E-state index in [9.17, 15) is 24.0 Å². The number of hydrogen-bond donors (Lipinski definition) is 0. The van der Waals surface area contributed by atoms with E-state index in [2.05, 4.69) is 0 Å². The monoisotopic (exact) mass is 562 g/mol. The summed E-state index contributed by atoms with van der Waals surface area (Å²) >= 11 is 0. The summed E-state index contributed by atoms with van der Waals surface area (Å²) in [5.41, 5.74) is 0.815. The van der Waals surface area contributed by atoms with Crippen LogP contribution in [0.3, 0.4) is 0 Å². The second-order valence-corrected chi connectivity index (χ2v) is 10.4. The minimum Gasteiger partial charge on any atom is -0.455 e. The standard InChI is InChI=1S/C30H30N2O9/c1-15-25(39-16(2)33)30(5,41-18(4)35)26(40-17(3)34)29(38-15)32-22-14-10-8-12-20(22)24(28(32)37)23-19-11-7-9-13-21(19)31(6)27(23)36/h7-15,25-26,29H,1-6H3/b24-23+. The molecule has 0 radical (unpaired) electrons. The van der Waals surface area contributed by atoms with Crippen molar-refractivity contribution in [2.75, 3.05) is 16.8 Å². The number of hydrogen-bond acceptors (Lipinski definition) is 9. The molecular weight excluding hydrogens is 532 g/mol. The Morgan fingerprint density at radius 2 is 1.29 bits per heavy atom. The van der Waals surface area contributed by atoms with Gasteiger partial charge in [-0.1, -0.05) is 36.4 Å². The van der Waals surface area contributed by atoms with Crippen LogP contribution >= 0.6 is 0 Å². The summed E-state index contributed by atoms with van der Waals surface area (Å²) in [5.74, 6) is -3.04.